The quantitative estimate of drug-likeness (QED) is 0.0728. The summed E-state index contributed by atoms with van der Waals surface area (Å²) in [6.07, 6.45) is 6.89. The Morgan fingerprint density at radius 2 is 1.67 bits per heavy atom. The molecule has 0 saturated carbocycles. The van der Waals surface area contributed by atoms with E-state index in [0.29, 0.717) is 25.2 Å². The Hall–Kier alpha value is -5.44. The Morgan fingerprint density at radius 3 is 2.37 bits per heavy atom. The first-order valence-electron chi connectivity index (χ1n) is 17.9. The summed E-state index contributed by atoms with van der Waals surface area (Å²) in [5, 5.41) is 7.86. The van der Waals surface area contributed by atoms with Crippen molar-refractivity contribution in [1.29, 1.82) is 0 Å². The lowest BCUT2D eigenvalue weighted by Gasteiger charge is -2.26. The predicted octanol–water partition coefficient (Wildman–Crippen LogP) is 7.93. The molecule has 1 aliphatic heterocycles. The summed E-state index contributed by atoms with van der Waals surface area (Å²) < 4.78 is 74.7. The minimum atomic E-state index is -1.34. The highest BCUT2D eigenvalue weighted by atomic mass is 19.1. The molecule has 1 aromatic heterocycles. The molecule has 0 unspecified atom stereocenters. The van der Waals surface area contributed by atoms with Gasteiger partial charge in [0.2, 0.25) is 17.7 Å². The van der Waals surface area contributed by atoms with E-state index in [0.717, 1.165) is 44.2 Å². The van der Waals surface area contributed by atoms with Gasteiger partial charge in [-0.05, 0) is 81.9 Å². The van der Waals surface area contributed by atoms with Crippen LogP contribution >= 0.6 is 0 Å². The Labute approximate surface area is 311 Å². The third-order valence-corrected chi connectivity index (χ3v) is 8.85. The molecule has 3 aromatic carbocycles. The van der Waals surface area contributed by atoms with Gasteiger partial charge < -0.3 is 35.1 Å². The number of carbonyl (C=O) groups excluding carboxylic acids is 2. The van der Waals surface area contributed by atoms with Crippen LogP contribution in [0, 0.1) is 23.3 Å². The summed E-state index contributed by atoms with van der Waals surface area (Å²) in [4.78, 5) is 36.5. The lowest BCUT2D eigenvalue weighted by Crippen LogP contribution is -2.31. The van der Waals surface area contributed by atoms with Gasteiger partial charge in [0.1, 0.15) is 17.1 Å². The maximum atomic E-state index is 15.0. The fourth-order valence-electron chi connectivity index (χ4n) is 5.74. The van der Waals surface area contributed by atoms with Crippen LogP contribution in [0.25, 0.3) is 0 Å². The number of aryl methyl sites for hydroxylation is 1. The molecule has 1 saturated heterocycles. The van der Waals surface area contributed by atoms with Gasteiger partial charge in [-0.1, -0.05) is 19.4 Å². The van der Waals surface area contributed by atoms with Crippen LogP contribution in [0.3, 0.4) is 0 Å². The number of hydrogen-bond donors (Lipinski definition) is 3. The van der Waals surface area contributed by atoms with Gasteiger partial charge in [0.25, 0.3) is 5.91 Å². The number of hydrogen-bond acceptors (Lipinski definition) is 9. The number of piperidine rings is 1. The van der Waals surface area contributed by atoms with Crippen LogP contribution in [-0.4, -0.2) is 66.1 Å². The molecule has 11 nitrogen and oxygen atoms in total. The van der Waals surface area contributed by atoms with E-state index in [1.54, 1.807) is 24.3 Å². The molecule has 288 valence electrons. The molecule has 3 N–H and O–H groups in total. The molecule has 0 bridgehead atoms. The van der Waals surface area contributed by atoms with Gasteiger partial charge in [0.05, 0.1) is 13.7 Å². The lowest BCUT2D eigenvalue weighted by molar-refractivity contribution is -0.121. The number of rotatable bonds is 17. The number of aromatic nitrogens is 2. The molecule has 5 rings (SSSR count). The van der Waals surface area contributed by atoms with Crippen molar-refractivity contribution < 1.29 is 41.4 Å². The maximum absolute atomic E-state index is 15.0. The van der Waals surface area contributed by atoms with Crippen LogP contribution in [0.5, 0.6) is 23.1 Å². The van der Waals surface area contributed by atoms with Crippen molar-refractivity contribution in [2.24, 2.45) is 0 Å². The number of anilines is 3. The van der Waals surface area contributed by atoms with E-state index >= 15 is 4.39 Å². The van der Waals surface area contributed by atoms with Crippen LogP contribution in [0.4, 0.5) is 34.9 Å². The van der Waals surface area contributed by atoms with Crippen molar-refractivity contribution >= 4 is 29.1 Å². The van der Waals surface area contributed by atoms with Gasteiger partial charge in [0.15, 0.2) is 34.7 Å². The van der Waals surface area contributed by atoms with Gasteiger partial charge in [0, 0.05) is 49.1 Å². The fourth-order valence-corrected chi connectivity index (χ4v) is 5.74. The fraction of sp³-hybridized carbons (Fsp3) is 0.385. The minimum absolute atomic E-state index is 0.0500. The highest BCUT2D eigenvalue weighted by Gasteiger charge is 2.23. The summed E-state index contributed by atoms with van der Waals surface area (Å²) in [6, 6.07) is 10.1. The van der Waals surface area contributed by atoms with Crippen LogP contribution in [-0.2, 0) is 11.2 Å². The highest BCUT2D eigenvalue weighted by Crippen LogP contribution is 2.35. The van der Waals surface area contributed by atoms with Crippen LogP contribution in [0.15, 0.2) is 54.7 Å². The average molecular weight is 753 g/mol. The smallest absolute Gasteiger partial charge is 0.262 e. The number of likely N-dealkylation sites (tertiary alicyclic amines) is 1. The number of methoxy groups -OCH3 is 1. The Balaban J connectivity index is 1.34. The average Bonchev–Trinajstić information content (AvgIpc) is 3.15. The van der Waals surface area contributed by atoms with E-state index in [4.69, 9.17) is 14.2 Å². The molecule has 0 aliphatic carbocycles. The third kappa shape index (κ3) is 11.0. The molecular weight excluding hydrogens is 708 g/mol. The Bertz CT molecular complexity index is 1900. The standard InChI is InChI=1S/C39H44F4N6O5/c1-4-24(2)45-35(50)14-10-25-9-12-33(34(19-25)52-3)54-38-28(37(51)47-36-30(42)20-26(40)21-31(36)43)23-44-39(48-38)46-27-11-13-32(29(41)22-27)53-18-8-17-49-15-6-5-7-16-49/h9,11-13,19-24H,4-8,10,14-18H2,1-3H3,(H,45,50)(H,47,51)(H,44,46,48)/t24-/m1/s1. The van der Waals surface area contributed by atoms with Crippen molar-refractivity contribution in [2.75, 3.05) is 44.0 Å². The first-order chi connectivity index (χ1) is 26.0. The normalized spacial score (nSPS) is 13.5. The molecule has 2 amide bonds. The summed E-state index contributed by atoms with van der Waals surface area (Å²) in [5.41, 5.74) is -0.222. The molecule has 2 heterocycles. The minimum Gasteiger partial charge on any atom is -0.493 e. The SMILES string of the molecule is CC[C@@H](C)NC(=O)CCc1ccc(Oc2nc(Nc3ccc(OCCCN4CCCCC4)c(F)c3)ncc2C(=O)Nc2c(F)cc(F)cc2F)c(OC)c1. The number of carbonyl (C=O) groups is 2. The van der Waals surface area contributed by atoms with Gasteiger partial charge in [-0.25, -0.2) is 22.5 Å². The summed E-state index contributed by atoms with van der Waals surface area (Å²) in [7, 11) is 1.40. The van der Waals surface area contributed by atoms with Gasteiger partial charge in [-0.15, -0.1) is 0 Å². The Kier molecular flexibility index (Phi) is 14.0. The van der Waals surface area contributed by atoms with Crippen molar-refractivity contribution in [3.05, 3.63) is 89.1 Å². The second-order valence-corrected chi connectivity index (χ2v) is 12.9. The second-order valence-electron chi connectivity index (χ2n) is 12.9. The lowest BCUT2D eigenvalue weighted by atomic mass is 10.1. The zero-order chi connectivity index (χ0) is 38.6. The van der Waals surface area contributed by atoms with Crippen LogP contribution in [0.2, 0.25) is 0 Å². The topological polar surface area (TPSA) is 127 Å². The van der Waals surface area contributed by atoms with Crippen molar-refractivity contribution in [1.82, 2.24) is 20.2 Å². The van der Waals surface area contributed by atoms with Gasteiger partial charge >= 0.3 is 0 Å². The van der Waals surface area contributed by atoms with Gasteiger partial charge in [-0.2, -0.15) is 4.98 Å². The zero-order valence-corrected chi connectivity index (χ0v) is 30.4. The first-order valence-corrected chi connectivity index (χ1v) is 17.9. The molecule has 0 radical (unpaired) electrons. The molecule has 1 fully saturated rings. The van der Waals surface area contributed by atoms with Crippen LogP contribution in [0.1, 0.15) is 68.3 Å². The number of amides is 2. The van der Waals surface area contributed by atoms with Crippen molar-refractivity contribution in [3.63, 3.8) is 0 Å². The number of nitrogens with one attached hydrogen (secondary N) is 3. The van der Waals surface area contributed by atoms with E-state index in [2.05, 4.69) is 30.8 Å². The molecule has 54 heavy (non-hydrogen) atoms. The van der Waals surface area contributed by atoms with E-state index in [1.807, 2.05) is 13.8 Å². The number of ether oxygens (including phenoxy) is 3. The molecule has 15 heteroatoms. The first kappa shape index (κ1) is 39.8. The number of nitrogens with zero attached hydrogens (tertiary/aromatic N) is 3. The number of halogens is 4. The highest BCUT2D eigenvalue weighted by molar-refractivity contribution is 6.06. The van der Waals surface area contributed by atoms with E-state index in [9.17, 15) is 22.8 Å². The summed E-state index contributed by atoms with van der Waals surface area (Å²) >= 11 is 0. The molecule has 1 aliphatic rings. The largest absolute Gasteiger partial charge is 0.493 e. The molecule has 0 spiro atoms. The van der Waals surface area contributed by atoms with E-state index in [1.165, 1.54) is 38.5 Å². The molecule has 4 aromatic rings. The van der Waals surface area contributed by atoms with Crippen molar-refractivity contribution in [2.45, 2.75) is 64.8 Å². The van der Waals surface area contributed by atoms with Crippen LogP contribution < -0.4 is 30.2 Å². The van der Waals surface area contributed by atoms with E-state index in [-0.39, 0.29) is 58.7 Å². The van der Waals surface area contributed by atoms with Crippen molar-refractivity contribution in [3.8, 4) is 23.1 Å². The predicted molar refractivity (Wildman–Crippen MR) is 196 cm³/mol. The summed E-state index contributed by atoms with van der Waals surface area (Å²) in [6.45, 7) is 7.28. The number of benzene rings is 3. The summed E-state index contributed by atoms with van der Waals surface area (Å²) in [5.74, 6) is -5.67. The monoisotopic (exact) mass is 752 g/mol. The Morgan fingerprint density at radius 1 is 0.926 bits per heavy atom. The third-order valence-electron chi connectivity index (χ3n) is 8.85. The van der Waals surface area contributed by atoms with Gasteiger partial charge in [-0.3, -0.25) is 9.59 Å². The molecule has 1 atom stereocenters. The maximum Gasteiger partial charge on any atom is 0.262 e. The second kappa shape index (κ2) is 19.1. The molecular formula is C39H44F4N6O5. The zero-order valence-electron chi connectivity index (χ0n) is 30.4. The van der Waals surface area contributed by atoms with E-state index < -0.39 is 34.9 Å².